The van der Waals surface area contributed by atoms with E-state index in [1.54, 1.807) is 4.90 Å². The quantitative estimate of drug-likeness (QED) is 0.0254. The van der Waals surface area contributed by atoms with Crippen LogP contribution in [0, 0.1) is 0 Å². The molecule has 4 aliphatic heterocycles. The molecule has 31 nitrogen and oxygen atoms in total. The second-order valence-corrected chi connectivity index (χ2v) is 22.9. The van der Waals surface area contributed by atoms with Gasteiger partial charge in [-0.25, -0.2) is 0 Å². The number of aliphatic hydroxyl groups excluding tert-OH is 13. The smallest absolute Gasteiger partial charge is 0.220 e. The lowest BCUT2D eigenvalue weighted by atomic mass is 9.96. The van der Waals surface area contributed by atoms with Crippen LogP contribution in [0.4, 0.5) is 0 Å². The molecule has 0 aromatic heterocycles. The molecule has 20 atom stereocenters. The summed E-state index contributed by atoms with van der Waals surface area (Å²) >= 11 is 0. The van der Waals surface area contributed by atoms with Crippen molar-refractivity contribution in [2.75, 3.05) is 72.3 Å². The molecule has 4 fully saturated rings. The average molecular weight is 1270 g/mol. The largest absolute Gasteiger partial charge is 0.394 e. The van der Waals surface area contributed by atoms with E-state index in [-0.39, 0.29) is 113 Å². The first-order valence-corrected chi connectivity index (χ1v) is 30.9. The number of Topliss-reactive ketones (excluding diaryl/α,β-unsaturated/α-hetero) is 3. The molecule has 0 radical (unpaired) electrons. The summed E-state index contributed by atoms with van der Waals surface area (Å²) in [5.41, 5.74) is 0. The normalized spacial score (nSPS) is 32.6. The van der Waals surface area contributed by atoms with Gasteiger partial charge in [0.05, 0.1) is 58.8 Å². The van der Waals surface area contributed by atoms with Gasteiger partial charge >= 0.3 is 0 Å². The van der Waals surface area contributed by atoms with Crippen LogP contribution < -0.4 is 16.0 Å². The van der Waals surface area contributed by atoms with Crippen molar-refractivity contribution in [2.24, 2.45) is 0 Å². The van der Waals surface area contributed by atoms with E-state index in [0.717, 1.165) is 12.8 Å². The molecule has 88 heavy (non-hydrogen) atoms. The molecular weight excluding hydrogens is 1170 g/mol. The molecule has 0 aliphatic carbocycles. The molecule has 0 aromatic carbocycles. The highest BCUT2D eigenvalue weighted by molar-refractivity contribution is 5.86. The van der Waals surface area contributed by atoms with Crippen molar-refractivity contribution < 1.29 is 133 Å². The summed E-state index contributed by atoms with van der Waals surface area (Å²) < 4.78 is 44.3. The van der Waals surface area contributed by atoms with E-state index in [2.05, 4.69) is 16.0 Å². The molecule has 31 heteroatoms. The van der Waals surface area contributed by atoms with Gasteiger partial charge in [0, 0.05) is 58.2 Å². The Morgan fingerprint density at radius 3 is 1.19 bits per heavy atom. The molecule has 16 N–H and O–H groups in total. The van der Waals surface area contributed by atoms with E-state index in [0.29, 0.717) is 77.2 Å². The Morgan fingerprint density at radius 2 is 0.761 bits per heavy atom. The number of amides is 3. The maximum atomic E-state index is 13.2. The number of rotatable bonds is 43. The van der Waals surface area contributed by atoms with Crippen LogP contribution in [0.5, 0.6) is 0 Å². The van der Waals surface area contributed by atoms with Gasteiger partial charge < -0.3 is 120 Å². The van der Waals surface area contributed by atoms with Crippen molar-refractivity contribution in [3.05, 3.63) is 0 Å². The first kappa shape index (κ1) is 77.0. The van der Waals surface area contributed by atoms with Crippen molar-refractivity contribution in [1.82, 2.24) is 20.9 Å². The van der Waals surface area contributed by atoms with Gasteiger partial charge in [0.2, 0.25) is 17.7 Å². The second kappa shape index (κ2) is 41.2. The number of nitrogens with one attached hydrogen (secondary N) is 3. The van der Waals surface area contributed by atoms with Crippen LogP contribution in [0.2, 0.25) is 0 Å². The van der Waals surface area contributed by atoms with Crippen LogP contribution in [-0.2, 0) is 66.7 Å². The van der Waals surface area contributed by atoms with Crippen molar-refractivity contribution in [2.45, 2.75) is 252 Å². The van der Waals surface area contributed by atoms with Crippen LogP contribution in [0.1, 0.15) is 129 Å². The van der Waals surface area contributed by atoms with Gasteiger partial charge in [-0.3, -0.25) is 33.7 Å². The summed E-state index contributed by atoms with van der Waals surface area (Å²) in [6.07, 6.45) is -22.9. The monoisotopic (exact) mass is 1270 g/mol. The van der Waals surface area contributed by atoms with Crippen LogP contribution in [-0.4, -0.2) is 301 Å². The van der Waals surface area contributed by atoms with Crippen molar-refractivity contribution >= 4 is 35.1 Å². The summed E-state index contributed by atoms with van der Waals surface area (Å²) in [6.45, 7) is 1.22. The number of aliphatic hydroxyl groups is 13. The van der Waals surface area contributed by atoms with Crippen molar-refractivity contribution in [3.63, 3.8) is 0 Å². The third kappa shape index (κ3) is 25.9. The number of hydrogen-bond donors (Lipinski definition) is 16. The zero-order valence-corrected chi connectivity index (χ0v) is 50.5. The maximum absolute atomic E-state index is 13.2. The van der Waals surface area contributed by atoms with E-state index in [4.69, 9.17) is 37.9 Å². The van der Waals surface area contributed by atoms with Crippen LogP contribution in [0.25, 0.3) is 0 Å². The van der Waals surface area contributed by atoms with Crippen LogP contribution in [0.3, 0.4) is 0 Å². The molecule has 3 amide bonds. The minimum atomic E-state index is -1.94. The predicted molar refractivity (Wildman–Crippen MR) is 303 cm³/mol. The van der Waals surface area contributed by atoms with Crippen molar-refractivity contribution in [1.29, 1.82) is 0 Å². The van der Waals surface area contributed by atoms with Gasteiger partial charge in [0.15, 0.2) is 25.2 Å². The number of unbranched alkanes of at least 4 members (excludes halogenated alkanes) is 9. The van der Waals surface area contributed by atoms with Crippen LogP contribution >= 0.6 is 0 Å². The number of carbonyl (C=O) groups is 6. The Morgan fingerprint density at radius 1 is 0.398 bits per heavy atom. The lowest BCUT2D eigenvalue weighted by Gasteiger charge is -2.46. The third-order valence-electron chi connectivity index (χ3n) is 15.7. The molecule has 4 heterocycles. The number of ketones is 3. The Hall–Kier alpha value is -3.46. The molecule has 4 aliphatic rings. The first-order chi connectivity index (χ1) is 42.0. The molecule has 0 spiro atoms. The fourth-order valence-corrected chi connectivity index (χ4v) is 10.4. The molecular formula is C57H100N4O27. The summed E-state index contributed by atoms with van der Waals surface area (Å²) in [6, 6.07) is 0. The Kier molecular flexibility index (Phi) is 36.0. The summed E-state index contributed by atoms with van der Waals surface area (Å²) in [4.78, 5) is 78.0. The zero-order chi connectivity index (χ0) is 64.9. The van der Waals surface area contributed by atoms with E-state index < -0.39 is 143 Å². The van der Waals surface area contributed by atoms with E-state index in [1.165, 1.54) is 6.92 Å². The zero-order valence-electron chi connectivity index (χ0n) is 50.5. The van der Waals surface area contributed by atoms with Crippen molar-refractivity contribution in [3.8, 4) is 0 Å². The molecule has 510 valence electrons. The van der Waals surface area contributed by atoms with Gasteiger partial charge in [-0.2, -0.15) is 0 Å². The molecule has 4 saturated heterocycles. The fourth-order valence-electron chi connectivity index (χ4n) is 10.4. The topological polar surface area (TPSA) is 479 Å². The van der Waals surface area contributed by atoms with Crippen LogP contribution in [0.15, 0.2) is 0 Å². The Balaban J connectivity index is 1.17. The standard InChI is InChI=1S/C57H100N4O27/c1-3-58-39(67)19-13-7-4-10-16-33(64)26-61(27-34(65)17-11-5-8-14-20-40(68)59-22-24-81-54-49(77)46(74)42(70)32(2)84-54)28-35(66)18-12-6-9-15-21-41(69)60-23-25-82-56-52(80)53(88-57-51(79)48(76)44(72)37(30-63)86-57)45(73)38(87-56)31-83-55-50(78)47(75)43(71)36(29-62)85-55/h32,36-38,42-57,62-63,70-80H,3-31H2,1-2H3,(H,58,67)(H,59,68)(H,60,69)/t32-,36+,37+,38+,42+,43+,44+,45+,46+,47-,48-,49-,50-,51-,52-,53-,54+,55-,56-,57+/m0/s1. The second-order valence-electron chi connectivity index (χ2n) is 22.9. The molecule has 0 aromatic rings. The first-order valence-electron chi connectivity index (χ1n) is 30.9. The summed E-state index contributed by atoms with van der Waals surface area (Å²) in [5.74, 6) is -0.965. The highest BCUT2D eigenvalue weighted by Gasteiger charge is 2.52. The Labute approximate surface area is 512 Å². The minimum Gasteiger partial charge on any atom is -0.394 e. The highest BCUT2D eigenvalue weighted by Crippen LogP contribution is 2.31. The van der Waals surface area contributed by atoms with Gasteiger partial charge in [-0.05, 0) is 52.4 Å². The summed E-state index contributed by atoms with van der Waals surface area (Å²) in [7, 11) is 0. The predicted octanol–water partition coefficient (Wildman–Crippen LogP) is -5.31. The molecule has 0 bridgehead atoms. The minimum absolute atomic E-state index is 0.00563. The highest BCUT2D eigenvalue weighted by atomic mass is 16.8. The van der Waals surface area contributed by atoms with E-state index in [1.807, 2.05) is 6.92 Å². The summed E-state index contributed by atoms with van der Waals surface area (Å²) in [5, 5.41) is 142. The molecule has 0 unspecified atom stereocenters. The number of carbonyl (C=O) groups excluding carboxylic acids is 6. The van der Waals surface area contributed by atoms with E-state index in [9.17, 15) is 95.2 Å². The van der Waals surface area contributed by atoms with Gasteiger partial charge in [-0.1, -0.05) is 38.5 Å². The fraction of sp³-hybridized carbons (Fsp3) is 0.895. The SMILES string of the molecule is CCNC(=O)CCCCCCC(=O)CN(CC(=O)CCCCCCC(=O)NCCO[C@@H]1O[C@@H](C)[C@@H](O)[C@@H](O)[C@@H]1O)CC(=O)CCCCCCC(=O)NCCO[C@H]1O[C@H](CO[C@H]2O[C@H](CO)[C@@H](O)[C@H](O)[C@@H]2O)[C@@H](O)[C@H](O[C@H]2O[C@H](CO)[C@@H](O)[C@H](O)[C@@H]2O)[C@@H]1O. The lowest BCUT2D eigenvalue weighted by molar-refractivity contribution is -0.366. The third-order valence-corrected chi connectivity index (χ3v) is 15.7. The van der Waals surface area contributed by atoms with E-state index >= 15 is 0 Å². The van der Waals surface area contributed by atoms with Gasteiger partial charge in [-0.15, -0.1) is 0 Å². The number of nitrogens with zero attached hydrogens (tertiary/aromatic N) is 1. The number of hydrogen-bond acceptors (Lipinski definition) is 28. The Bertz CT molecular complexity index is 2050. The van der Waals surface area contributed by atoms with Gasteiger partial charge in [0.25, 0.3) is 0 Å². The molecule has 4 rings (SSSR count). The number of ether oxygens (including phenoxy) is 8. The lowest BCUT2D eigenvalue weighted by Crippen LogP contribution is -2.65. The average Bonchev–Trinajstić information content (AvgIpc) is 2.68. The maximum Gasteiger partial charge on any atom is 0.220 e. The van der Waals surface area contributed by atoms with Gasteiger partial charge in [0.1, 0.15) is 109 Å². The molecule has 0 saturated carbocycles.